The third-order valence-corrected chi connectivity index (χ3v) is 5.18. The van der Waals surface area contributed by atoms with Crippen molar-refractivity contribution in [3.63, 3.8) is 0 Å². The van der Waals surface area contributed by atoms with Gasteiger partial charge in [-0.1, -0.05) is 30.3 Å². The first-order valence-electron chi connectivity index (χ1n) is 9.12. The fourth-order valence-corrected chi connectivity index (χ4v) is 3.62. The average Bonchev–Trinajstić information content (AvgIpc) is 2.70. The predicted octanol–water partition coefficient (Wildman–Crippen LogP) is 3.53. The molecule has 8 nitrogen and oxygen atoms in total. The van der Waals surface area contributed by atoms with Crippen molar-refractivity contribution in [2.45, 2.75) is 44.3 Å². The number of carboxylic acid groups (broad SMARTS) is 1. The number of rotatable bonds is 5. The van der Waals surface area contributed by atoms with Crippen LogP contribution in [0.15, 0.2) is 47.1 Å². The Morgan fingerprint density at radius 3 is 2.39 bits per heavy atom. The first-order chi connectivity index (χ1) is 13.5. The minimum atomic E-state index is -1.01. The van der Waals surface area contributed by atoms with Gasteiger partial charge in [0.05, 0.1) is 0 Å². The van der Waals surface area contributed by atoms with E-state index in [1.807, 2.05) is 30.3 Å². The van der Waals surface area contributed by atoms with E-state index in [9.17, 15) is 9.59 Å². The molecule has 3 N–H and O–H groups in total. The molecular weight excluding hydrogens is 426 g/mol. The van der Waals surface area contributed by atoms with Gasteiger partial charge in [0.15, 0.2) is 5.82 Å². The standard InChI is InChI=1S/C19H22BrN5O3/c20-16-10-11-17(24-23-16)25(15-8-6-14(7-9-15)22-19(27)28)18(26)21-12-13-4-2-1-3-5-13/h1-5,10-11,14-15,22H,6-9,12H2,(H,21,26)(H,27,28). The molecule has 3 rings (SSSR count). The number of hydrogen-bond donors (Lipinski definition) is 3. The maximum absolute atomic E-state index is 13.0. The van der Waals surface area contributed by atoms with Gasteiger partial charge in [0, 0.05) is 18.6 Å². The number of nitrogens with zero attached hydrogens (tertiary/aromatic N) is 3. The summed E-state index contributed by atoms with van der Waals surface area (Å²) in [5.41, 5.74) is 1.01. The molecule has 148 valence electrons. The van der Waals surface area contributed by atoms with E-state index in [-0.39, 0.29) is 18.1 Å². The van der Waals surface area contributed by atoms with Crippen LogP contribution in [0.1, 0.15) is 31.2 Å². The van der Waals surface area contributed by atoms with Crippen molar-refractivity contribution in [1.82, 2.24) is 20.8 Å². The van der Waals surface area contributed by atoms with Crippen molar-refractivity contribution in [3.8, 4) is 0 Å². The highest BCUT2D eigenvalue weighted by atomic mass is 79.9. The second kappa shape index (κ2) is 9.50. The first-order valence-corrected chi connectivity index (χ1v) is 9.92. The average molecular weight is 448 g/mol. The Bertz CT molecular complexity index is 795. The van der Waals surface area contributed by atoms with Crippen LogP contribution in [0.4, 0.5) is 15.4 Å². The molecular formula is C19H22BrN5O3. The molecule has 2 aromatic rings. The van der Waals surface area contributed by atoms with Gasteiger partial charge in [-0.3, -0.25) is 4.90 Å². The number of aromatic nitrogens is 2. The molecule has 3 amide bonds. The van der Waals surface area contributed by atoms with Crippen LogP contribution >= 0.6 is 15.9 Å². The smallest absolute Gasteiger partial charge is 0.404 e. The van der Waals surface area contributed by atoms with Crippen molar-refractivity contribution in [1.29, 1.82) is 0 Å². The van der Waals surface area contributed by atoms with Crippen molar-refractivity contribution >= 4 is 33.9 Å². The molecule has 28 heavy (non-hydrogen) atoms. The van der Waals surface area contributed by atoms with Gasteiger partial charge in [0.1, 0.15) is 4.60 Å². The highest BCUT2D eigenvalue weighted by Gasteiger charge is 2.31. The van der Waals surface area contributed by atoms with Crippen LogP contribution in [0.25, 0.3) is 0 Å². The summed E-state index contributed by atoms with van der Waals surface area (Å²) in [6.07, 6.45) is 1.69. The number of benzene rings is 1. The molecule has 0 bridgehead atoms. The van der Waals surface area contributed by atoms with Crippen LogP contribution in [0, 0.1) is 0 Å². The van der Waals surface area contributed by atoms with Gasteiger partial charge in [-0.05, 0) is 59.3 Å². The molecule has 1 aromatic carbocycles. The number of amides is 3. The van der Waals surface area contributed by atoms with Crippen LogP contribution in [-0.4, -0.2) is 39.5 Å². The lowest BCUT2D eigenvalue weighted by Gasteiger charge is -2.36. The van der Waals surface area contributed by atoms with Crippen molar-refractivity contribution < 1.29 is 14.7 Å². The zero-order valence-corrected chi connectivity index (χ0v) is 16.8. The molecule has 1 saturated carbocycles. The summed E-state index contributed by atoms with van der Waals surface area (Å²) < 4.78 is 0.593. The zero-order valence-electron chi connectivity index (χ0n) is 15.2. The summed E-state index contributed by atoms with van der Waals surface area (Å²) in [6.45, 7) is 0.413. The Labute approximate surface area is 171 Å². The number of hydrogen-bond acceptors (Lipinski definition) is 4. The Hall–Kier alpha value is -2.68. The monoisotopic (exact) mass is 447 g/mol. The second-order valence-corrected chi connectivity index (χ2v) is 7.50. The van der Waals surface area contributed by atoms with Crippen LogP contribution in [0.3, 0.4) is 0 Å². The molecule has 1 heterocycles. The van der Waals surface area contributed by atoms with E-state index < -0.39 is 6.09 Å². The van der Waals surface area contributed by atoms with E-state index in [2.05, 4.69) is 36.8 Å². The minimum absolute atomic E-state index is 0.0712. The number of nitrogens with one attached hydrogen (secondary N) is 2. The number of carbonyl (C=O) groups is 2. The summed E-state index contributed by atoms with van der Waals surface area (Å²) >= 11 is 3.26. The van der Waals surface area contributed by atoms with Gasteiger partial charge >= 0.3 is 12.1 Å². The van der Waals surface area contributed by atoms with E-state index in [4.69, 9.17) is 5.11 Å². The van der Waals surface area contributed by atoms with Gasteiger partial charge < -0.3 is 15.7 Å². The Balaban J connectivity index is 1.71. The quantitative estimate of drug-likeness (QED) is 0.649. The molecule has 1 fully saturated rings. The first kappa shape index (κ1) is 20.1. The number of halogens is 1. The lowest BCUT2D eigenvalue weighted by Crippen LogP contribution is -2.50. The molecule has 0 saturated heterocycles. The van der Waals surface area contributed by atoms with Crippen LogP contribution in [-0.2, 0) is 6.54 Å². The summed E-state index contributed by atoms with van der Waals surface area (Å²) in [7, 11) is 0. The van der Waals surface area contributed by atoms with E-state index in [0.29, 0.717) is 42.6 Å². The predicted molar refractivity (Wildman–Crippen MR) is 108 cm³/mol. The van der Waals surface area contributed by atoms with E-state index >= 15 is 0 Å². The largest absolute Gasteiger partial charge is 0.465 e. The molecule has 1 aliphatic rings. The summed E-state index contributed by atoms with van der Waals surface area (Å²) in [5.74, 6) is 0.475. The Morgan fingerprint density at radius 1 is 1.07 bits per heavy atom. The topological polar surface area (TPSA) is 107 Å². The Kier molecular flexibility index (Phi) is 6.80. The summed E-state index contributed by atoms with van der Waals surface area (Å²) in [5, 5.41) is 22.5. The zero-order chi connectivity index (χ0) is 19.9. The maximum atomic E-state index is 13.0. The maximum Gasteiger partial charge on any atom is 0.404 e. The van der Waals surface area contributed by atoms with Gasteiger partial charge in [-0.25, -0.2) is 9.59 Å². The SMILES string of the molecule is O=C(O)NC1CCC(N(C(=O)NCc2ccccc2)c2ccc(Br)nn2)CC1. The number of anilines is 1. The van der Waals surface area contributed by atoms with Crippen molar-refractivity contribution in [3.05, 3.63) is 52.6 Å². The summed E-state index contributed by atoms with van der Waals surface area (Å²) in [6, 6.07) is 12.8. The molecule has 0 aliphatic heterocycles. The normalized spacial score (nSPS) is 18.9. The third-order valence-electron chi connectivity index (χ3n) is 4.76. The van der Waals surface area contributed by atoms with Crippen LogP contribution in [0.5, 0.6) is 0 Å². The van der Waals surface area contributed by atoms with E-state index in [1.54, 1.807) is 17.0 Å². The minimum Gasteiger partial charge on any atom is -0.465 e. The van der Waals surface area contributed by atoms with Gasteiger partial charge in [0.2, 0.25) is 0 Å². The highest BCUT2D eigenvalue weighted by molar-refractivity contribution is 9.10. The third kappa shape index (κ3) is 5.41. The van der Waals surface area contributed by atoms with Gasteiger partial charge in [-0.15, -0.1) is 10.2 Å². The fourth-order valence-electron chi connectivity index (χ4n) is 3.41. The number of carbonyl (C=O) groups excluding carboxylic acids is 1. The molecule has 1 aromatic heterocycles. The molecule has 1 aliphatic carbocycles. The molecule has 9 heteroatoms. The Morgan fingerprint density at radius 2 is 1.79 bits per heavy atom. The van der Waals surface area contributed by atoms with Crippen molar-refractivity contribution in [2.24, 2.45) is 0 Å². The lowest BCUT2D eigenvalue weighted by atomic mass is 9.90. The fraction of sp³-hybridized carbons (Fsp3) is 0.368. The van der Waals surface area contributed by atoms with Gasteiger partial charge in [-0.2, -0.15) is 0 Å². The molecule has 0 unspecified atom stereocenters. The summed E-state index contributed by atoms with van der Waals surface area (Å²) in [4.78, 5) is 25.5. The van der Waals surface area contributed by atoms with E-state index in [0.717, 1.165) is 5.56 Å². The molecule has 0 radical (unpaired) electrons. The van der Waals surface area contributed by atoms with Crippen LogP contribution < -0.4 is 15.5 Å². The van der Waals surface area contributed by atoms with Gasteiger partial charge in [0.25, 0.3) is 0 Å². The number of urea groups is 1. The molecule has 0 spiro atoms. The highest BCUT2D eigenvalue weighted by Crippen LogP contribution is 2.27. The molecule has 0 atom stereocenters. The van der Waals surface area contributed by atoms with E-state index in [1.165, 1.54) is 0 Å². The van der Waals surface area contributed by atoms with Crippen LogP contribution in [0.2, 0.25) is 0 Å². The lowest BCUT2D eigenvalue weighted by molar-refractivity contribution is 0.184. The second-order valence-electron chi connectivity index (χ2n) is 6.68. The van der Waals surface area contributed by atoms with Crippen molar-refractivity contribution in [2.75, 3.05) is 4.90 Å².